The van der Waals surface area contributed by atoms with E-state index < -0.39 is 88.0 Å². The molecule has 0 bridgehead atoms. The second kappa shape index (κ2) is 17.7. The quantitative estimate of drug-likeness (QED) is 0.0515. The van der Waals surface area contributed by atoms with Crippen molar-refractivity contribution in [2.24, 2.45) is 0 Å². The van der Waals surface area contributed by atoms with E-state index in [1.807, 2.05) is 5.92 Å². The molecule has 1 aliphatic heterocycles. The third-order valence-corrected chi connectivity index (χ3v) is 7.54. The number of phosphoric ester groups is 1. The van der Waals surface area contributed by atoms with E-state index in [2.05, 4.69) is 15.2 Å². The van der Waals surface area contributed by atoms with Gasteiger partial charge in [-0.2, -0.15) is 0 Å². The predicted octanol–water partition coefficient (Wildman–Crippen LogP) is -1.31. The molecule has 1 saturated heterocycles. The number of amides is 2. The number of aliphatic hydroxyl groups is 4. The lowest BCUT2D eigenvalue weighted by Crippen LogP contribution is -2.68. The fourth-order valence-electron chi connectivity index (χ4n) is 4.13. The number of hydrogen-bond donors (Lipinski definition) is 8. The monoisotopic (exact) mass is 666 g/mol. The molecule has 1 fully saturated rings. The van der Waals surface area contributed by atoms with Crippen LogP contribution < -0.4 is 10.6 Å². The minimum Gasteiger partial charge on any atom is -0.477 e. The van der Waals surface area contributed by atoms with Crippen LogP contribution >= 0.6 is 19.4 Å². The van der Waals surface area contributed by atoms with Gasteiger partial charge in [0.1, 0.15) is 25.4 Å². The zero-order valence-corrected chi connectivity index (χ0v) is 25.1. The Balaban J connectivity index is 2.07. The lowest BCUT2D eigenvalue weighted by atomic mass is 9.88. The number of halogens is 1. The summed E-state index contributed by atoms with van der Waals surface area (Å²) >= 11 is 5.83. The summed E-state index contributed by atoms with van der Waals surface area (Å²) in [6.45, 7) is -2.59. The fraction of sp³-hybridized carbons (Fsp3) is 0.577. The Kier molecular flexibility index (Phi) is 15.1. The van der Waals surface area contributed by atoms with Crippen molar-refractivity contribution in [3.8, 4) is 12.3 Å². The second-order valence-corrected chi connectivity index (χ2v) is 11.6. The standard InChI is InChI=1S/C26H36ClN2O14P/c1-2-9-41-44(38,39)42-11-4-3-10-40-26(25(36)37)13-18(31)22(29-21(34)15-30)24(43-26)23(35)19(32)14-28-20(33)12-16-5-7-17(27)8-6-16/h1,5-8,18-19,22-24,30-32,35H,3-4,9-15H2,(H,28,33)(H,29,34)(H,36,37)(H,38,39)/t18-,19+,22+,23+,24+,26+/m0/s1. The summed E-state index contributed by atoms with van der Waals surface area (Å²) in [6.07, 6.45) is -2.97. The largest absolute Gasteiger partial charge is 0.477 e. The van der Waals surface area contributed by atoms with Gasteiger partial charge in [-0.15, -0.1) is 6.42 Å². The van der Waals surface area contributed by atoms with E-state index in [9.17, 15) is 44.3 Å². The van der Waals surface area contributed by atoms with Gasteiger partial charge in [0.15, 0.2) is 0 Å². The highest BCUT2D eigenvalue weighted by molar-refractivity contribution is 7.47. The number of phosphoric acid groups is 1. The molecular weight excluding hydrogens is 631 g/mol. The summed E-state index contributed by atoms with van der Waals surface area (Å²) in [7, 11) is -4.37. The summed E-state index contributed by atoms with van der Waals surface area (Å²) in [5.41, 5.74) is 0.616. The highest BCUT2D eigenvalue weighted by atomic mass is 35.5. The molecule has 1 unspecified atom stereocenters. The average Bonchev–Trinajstić information content (AvgIpc) is 2.98. The summed E-state index contributed by atoms with van der Waals surface area (Å²) in [5.74, 6) is -3.77. The molecule has 1 aliphatic rings. The van der Waals surface area contributed by atoms with Gasteiger partial charge < -0.3 is 50.5 Å². The van der Waals surface area contributed by atoms with Crippen molar-refractivity contribution < 1.29 is 67.9 Å². The van der Waals surface area contributed by atoms with Gasteiger partial charge >= 0.3 is 13.8 Å². The van der Waals surface area contributed by atoms with Gasteiger partial charge in [-0.05, 0) is 30.5 Å². The molecule has 0 aliphatic carbocycles. The molecule has 18 heteroatoms. The smallest absolute Gasteiger partial charge is 0.473 e. The van der Waals surface area contributed by atoms with Crippen LogP contribution in [0.5, 0.6) is 0 Å². The number of carbonyl (C=O) groups is 3. The molecule has 44 heavy (non-hydrogen) atoms. The van der Waals surface area contributed by atoms with Crippen LogP contribution in [0, 0.1) is 12.3 Å². The minimum atomic E-state index is -4.37. The summed E-state index contributed by atoms with van der Waals surface area (Å²) in [4.78, 5) is 46.0. The molecular formula is C26H36ClN2O14P. The molecule has 1 aromatic carbocycles. The predicted molar refractivity (Wildman–Crippen MR) is 151 cm³/mol. The number of terminal acetylenes is 1. The highest BCUT2D eigenvalue weighted by Crippen LogP contribution is 2.43. The number of unbranched alkanes of at least 4 members (excludes halogenated alkanes) is 1. The molecule has 0 saturated carbocycles. The van der Waals surface area contributed by atoms with E-state index in [0.717, 1.165) is 0 Å². The van der Waals surface area contributed by atoms with Crippen molar-refractivity contribution in [2.45, 2.75) is 61.9 Å². The molecule has 1 heterocycles. The Hall–Kier alpha value is -2.65. The molecule has 2 amide bonds. The van der Waals surface area contributed by atoms with E-state index in [0.29, 0.717) is 10.6 Å². The van der Waals surface area contributed by atoms with Crippen LogP contribution in [0.3, 0.4) is 0 Å². The van der Waals surface area contributed by atoms with E-state index in [1.54, 1.807) is 24.3 Å². The van der Waals surface area contributed by atoms with Gasteiger partial charge in [-0.3, -0.25) is 18.6 Å². The van der Waals surface area contributed by atoms with Gasteiger partial charge in [0.2, 0.25) is 11.8 Å². The lowest BCUT2D eigenvalue weighted by Gasteiger charge is -2.46. The Morgan fingerprint density at radius 1 is 1.16 bits per heavy atom. The molecule has 1 aromatic rings. The van der Waals surface area contributed by atoms with Crippen LogP contribution in [-0.2, 0) is 43.9 Å². The van der Waals surface area contributed by atoms with Gasteiger partial charge in [0.25, 0.3) is 5.79 Å². The Morgan fingerprint density at radius 2 is 1.82 bits per heavy atom. The van der Waals surface area contributed by atoms with E-state index in [1.165, 1.54) is 0 Å². The Labute approximate surface area is 257 Å². The maximum absolute atomic E-state index is 12.3. The molecule has 8 N–H and O–H groups in total. The van der Waals surface area contributed by atoms with Crippen molar-refractivity contribution in [1.82, 2.24) is 10.6 Å². The number of carboxylic acid groups (broad SMARTS) is 1. The summed E-state index contributed by atoms with van der Waals surface area (Å²) in [6, 6.07) is 4.92. The molecule has 0 spiro atoms. The van der Waals surface area contributed by atoms with Crippen LogP contribution in [-0.4, -0.2) is 117 Å². The molecule has 0 aromatic heterocycles. The number of carboxylic acids is 1. The van der Waals surface area contributed by atoms with Crippen molar-refractivity contribution in [2.75, 3.05) is 33.0 Å². The number of benzene rings is 1. The lowest BCUT2D eigenvalue weighted by molar-refractivity contribution is -0.310. The Morgan fingerprint density at radius 3 is 2.43 bits per heavy atom. The maximum Gasteiger partial charge on any atom is 0.473 e. The number of hydrogen-bond acceptors (Lipinski definition) is 12. The highest BCUT2D eigenvalue weighted by Gasteiger charge is 2.55. The zero-order chi connectivity index (χ0) is 32.9. The van der Waals surface area contributed by atoms with Crippen molar-refractivity contribution in [1.29, 1.82) is 0 Å². The third-order valence-electron chi connectivity index (χ3n) is 6.33. The normalized spacial score (nSPS) is 24.3. The summed E-state index contributed by atoms with van der Waals surface area (Å²) in [5, 5.41) is 56.6. The zero-order valence-electron chi connectivity index (χ0n) is 23.4. The van der Waals surface area contributed by atoms with E-state index in [-0.39, 0.29) is 32.5 Å². The molecule has 246 valence electrons. The maximum atomic E-state index is 12.3. The van der Waals surface area contributed by atoms with Crippen LogP contribution in [0.4, 0.5) is 0 Å². The first-order valence-corrected chi connectivity index (χ1v) is 15.2. The number of rotatable bonds is 18. The first-order valence-electron chi connectivity index (χ1n) is 13.3. The van der Waals surface area contributed by atoms with Crippen molar-refractivity contribution in [3.05, 3.63) is 34.9 Å². The van der Waals surface area contributed by atoms with Gasteiger partial charge in [-0.1, -0.05) is 29.7 Å². The molecule has 0 radical (unpaired) electrons. The van der Waals surface area contributed by atoms with Crippen LogP contribution in [0.1, 0.15) is 24.8 Å². The van der Waals surface area contributed by atoms with Gasteiger partial charge in [0.05, 0.1) is 37.9 Å². The number of aliphatic carboxylic acids is 1. The molecule has 7 atom stereocenters. The summed E-state index contributed by atoms with van der Waals surface area (Å²) < 4.78 is 31.9. The van der Waals surface area contributed by atoms with E-state index in [4.69, 9.17) is 37.1 Å². The van der Waals surface area contributed by atoms with Crippen molar-refractivity contribution in [3.63, 3.8) is 0 Å². The van der Waals surface area contributed by atoms with Crippen LogP contribution in [0.2, 0.25) is 5.02 Å². The fourth-order valence-corrected chi connectivity index (χ4v) is 4.93. The second-order valence-electron chi connectivity index (χ2n) is 9.66. The van der Waals surface area contributed by atoms with Crippen LogP contribution in [0.15, 0.2) is 24.3 Å². The third kappa shape index (κ3) is 11.7. The first-order chi connectivity index (χ1) is 20.7. The topological polar surface area (TPSA) is 251 Å². The SMILES string of the molecule is C#CCOP(=O)(O)OCCCCO[C@]1(C(=O)O)C[C@H](O)[C@@H](NC(=O)CO)[C@H]([C@H](O)[C@H](O)CNC(=O)Cc2ccc(Cl)cc2)O1. The van der Waals surface area contributed by atoms with Gasteiger partial charge in [0, 0.05) is 18.0 Å². The average molecular weight is 667 g/mol. The Bertz CT molecular complexity index is 1200. The van der Waals surface area contributed by atoms with Crippen molar-refractivity contribution >= 4 is 37.2 Å². The van der Waals surface area contributed by atoms with Gasteiger partial charge in [-0.25, -0.2) is 9.36 Å². The first kappa shape index (κ1) is 37.5. The number of ether oxygens (including phenoxy) is 2. The van der Waals surface area contributed by atoms with E-state index >= 15 is 0 Å². The minimum absolute atomic E-state index is 0.0732. The number of carbonyl (C=O) groups excluding carboxylic acids is 2. The molecule has 2 rings (SSSR count). The number of aliphatic hydroxyl groups excluding tert-OH is 4. The molecule has 16 nitrogen and oxygen atoms in total. The van der Waals surface area contributed by atoms with Crippen LogP contribution in [0.25, 0.3) is 0 Å². The number of nitrogens with one attached hydrogen (secondary N) is 2.